The lowest BCUT2D eigenvalue weighted by atomic mass is 10.3. The van der Waals surface area contributed by atoms with Crippen molar-refractivity contribution in [3.05, 3.63) is 35.1 Å². The van der Waals surface area contributed by atoms with Crippen LogP contribution in [0.1, 0.15) is 6.92 Å². The monoisotopic (exact) mass is 304 g/mol. The second-order valence-corrected chi connectivity index (χ2v) is 4.65. The number of anilines is 1. The molecule has 0 unspecified atom stereocenters. The lowest BCUT2D eigenvalue weighted by Crippen LogP contribution is -2.11. The Balaban J connectivity index is 2.45. The molecule has 0 radical (unpaired) electrons. The molecule has 6 heteroatoms. The molecule has 0 fully saturated rings. The number of halogens is 1. The Morgan fingerprint density at radius 1 is 1.33 bits per heavy atom. The van der Waals surface area contributed by atoms with E-state index in [1.54, 1.807) is 12.4 Å². The van der Waals surface area contributed by atoms with Crippen molar-refractivity contribution in [2.75, 3.05) is 5.32 Å². The smallest absolute Gasteiger partial charge is 0.223 e. The summed E-state index contributed by atoms with van der Waals surface area (Å²) in [6, 6.07) is 5.71. The second kappa shape index (κ2) is 4.06. The third kappa shape index (κ3) is 1.57. The molecule has 0 aliphatic rings. The Hall–Kier alpha value is -1.95. The van der Waals surface area contributed by atoms with Gasteiger partial charge in [-0.05, 0) is 34.1 Å². The first kappa shape index (κ1) is 11.2. The molecule has 0 aliphatic carbocycles. The van der Waals surface area contributed by atoms with Crippen LogP contribution in [0.15, 0.2) is 35.1 Å². The summed E-state index contributed by atoms with van der Waals surface area (Å²) in [4.78, 5) is 19.7. The zero-order chi connectivity index (χ0) is 12.7. The van der Waals surface area contributed by atoms with E-state index in [0.717, 1.165) is 21.0 Å². The third-order valence-electron chi connectivity index (χ3n) is 2.63. The summed E-state index contributed by atoms with van der Waals surface area (Å²) < 4.78 is 2.76. The average Bonchev–Trinajstić information content (AvgIpc) is 2.65. The zero-order valence-electron chi connectivity index (χ0n) is 9.51. The molecule has 3 aromatic heterocycles. The number of pyridine rings is 1. The fraction of sp³-hybridized carbons (Fsp3) is 0.0833. The van der Waals surface area contributed by atoms with Crippen molar-refractivity contribution < 1.29 is 4.79 Å². The summed E-state index contributed by atoms with van der Waals surface area (Å²) in [6.45, 7) is 1.45. The lowest BCUT2D eigenvalue weighted by Gasteiger charge is -2.05. The minimum absolute atomic E-state index is 0.163. The predicted molar refractivity (Wildman–Crippen MR) is 72.5 cm³/mol. The maximum absolute atomic E-state index is 11.2. The van der Waals surface area contributed by atoms with E-state index in [0.29, 0.717) is 5.95 Å². The SMILES string of the molecule is CC(=O)Nc1nccc2c(Br)c3cccnc3n12. The Morgan fingerprint density at radius 3 is 2.94 bits per heavy atom. The molecule has 3 rings (SSSR count). The number of hydrogen-bond donors (Lipinski definition) is 1. The second-order valence-electron chi connectivity index (χ2n) is 3.86. The van der Waals surface area contributed by atoms with Gasteiger partial charge in [-0.25, -0.2) is 9.97 Å². The molecule has 18 heavy (non-hydrogen) atoms. The number of carbonyl (C=O) groups is 1. The molecule has 0 atom stereocenters. The van der Waals surface area contributed by atoms with Crippen LogP contribution >= 0.6 is 15.9 Å². The van der Waals surface area contributed by atoms with Crippen LogP contribution in [-0.2, 0) is 4.79 Å². The molecule has 0 bridgehead atoms. The molecular weight excluding hydrogens is 296 g/mol. The van der Waals surface area contributed by atoms with Gasteiger partial charge in [-0.1, -0.05) is 0 Å². The maximum atomic E-state index is 11.2. The van der Waals surface area contributed by atoms with Gasteiger partial charge in [0, 0.05) is 24.7 Å². The van der Waals surface area contributed by atoms with Gasteiger partial charge in [0.1, 0.15) is 5.65 Å². The van der Waals surface area contributed by atoms with Crippen LogP contribution in [0, 0.1) is 0 Å². The Bertz CT molecular complexity index is 765. The molecule has 1 N–H and O–H groups in total. The predicted octanol–water partition coefficient (Wildman–Crippen LogP) is 2.60. The number of carbonyl (C=O) groups excluding carboxylic acids is 1. The molecular formula is C12H9BrN4O. The van der Waals surface area contributed by atoms with Crippen molar-refractivity contribution in [2.24, 2.45) is 0 Å². The highest BCUT2D eigenvalue weighted by molar-refractivity contribution is 9.10. The fourth-order valence-corrected chi connectivity index (χ4v) is 2.56. The minimum atomic E-state index is -0.163. The van der Waals surface area contributed by atoms with Gasteiger partial charge < -0.3 is 0 Å². The van der Waals surface area contributed by atoms with E-state index >= 15 is 0 Å². The summed E-state index contributed by atoms with van der Waals surface area (Å²) in [5.41, 5.74) is 1.68. The van der Waals surface area contributed by atoms with Crippen LogP contribution in [0.5, 0.6) is 0 Å². The minimum Gasteiger partial charge on any atom is -0.296 e. The van der Waals surface area contributed by atoms with Gasteiger partial charge in [0.2, 0.25) is 11.9 Å². The topological polar surface area (TPSA) is 59.3 Å². The summed E-state index contributed by atoms with van der Waals surface area (Å²) in [5, 5.41) is 3.69. The van der Waals surface area contributed by atoms with Crippen molar-refractivity contribution in [2.45, 2.75) is 6.92 Å². The number of fused-ring (bicyclic) bond motifs is 3. The van der Waals surface area contributed by atoms with E-state index in [1.165, 1.54) is 6.92 Å². The highest BCUT2D eigenvalue weighted by Gasteiger charge is 2.13. The summed E-state index contributed by atoms with van der Waals surface area (Å²) in [5.74, 6) is 0.304. The van der Waals surface area contributed by atoms with Crippen molar-refractivity contribution in [1.29, 1.82) is 0 Å². The standard InChI is InChI=1S/C12H9BrN4O/c1-7(18)16-12-15-6-4-9-10(13)8-3-2-5-14-11(8)17(9)12/h2-6H,1H3,(H,15,16,18). The first-order valence-electron chi connectivity index (χ1n) is 5.35. The number of rotatable bonds is 1. The van der Waals surface area contributed by atoms with E-state index in [4.69, 9.17) is 0 Å². The highest BCUT2D eigenvalue weighted by Crippen LogP contribution is 2.31. The summed E-state index contributed by atoms with van der Waals surface area (Å²) in [7, 11) is 0. The number of nitrogens with one attached hydrogen (secondary N) is 1. The van der Waals surface area contributed by atoms with Crippen LogP contribution in [0.4, 0.5) is 5.95 Å². The molecule has 3 heterocycles. The van der Waals surface area contributed by atoms with Crippen molar-refractivity contribution in [3.8, 4) is 0 Å². The Labute approximate surface area is 111 Å². The molecule has 0 saturated heterocycles. The fourth-order valence-electron chi connectivity index (χ4n) is 1.94. The first-order valence-corrected chi connectivity index (χ1v) is 6.15. The molecule has 90 valence electrons. The molecule has 3 aromatic rings. The van der Waals surface area contributed by atoms with Gasteiger partial charge in [0.25, 0.3) is 0 Å². The van der Waals surface area contributed by atoms with Gasteiger partial charge in [-0.15, -0.1) is 0 Å². The summed E-state index contributed by atoms with van der Waals surface area (Å²) >= 11 is 3.55. The number of hydrogen-bond acceptors (Lipinski definition) is 3. The number of aromatic nitrogens is 3. The summed E-state index contributed by atoms with van der Waals surface area (Å²) in [6.07, 6.45) is 3.37. The van der Waals surface area contributed by atoms with Gasteiger partial charge in [-0.3, -0.25) is 14.5 Å². The molecule has 0 aliphatic heterocycles. The molecule has 0 saturated carbocycles. The van der Waals surface area contributed by atoms with Gasteiger partial charge in [0.05, 0.1) is 9.99 Å². The molecule has 0 spiro atoms. The van der Waals surface area contributed by atoms with Crippen LogP contribution in [-0.4, -0.2) is 20.3 Å². The Morgan fingerprint density at radius 2 is 2.17 bits per heavy atom. The third-order valence-corrected chi connectivity index (χ3v) is 3.46. The highest BCUT2D eigenvalue weighted by atomic mass is 79.9. The van der Waals surface area contributed by atoms with Crippen LogP contribution in [0.2, 0.25) is 0 Å². The number of nitrogens with zero attached hydrogens (tertiary/aromatic N) is 3. The van der Waals surface area contributed by atoms with Crippen LogP contribution in [0.3, 0.4) is 0 Å². The Kier molecular flexibility index (Phi) is 2.52. The molecule has 1 amide bonds. The van der Waals surface area contributed by atoms with Crippen molar-refractivity contribution in [1.82, 2.24) is 14.4 Å². The quantitative estimate of drug-likeness (QED) is 0.752. The maximum Gasteiger partial charge on any atom is 0.223 e. The van der Waals surface area contributed by atoms with E-state index in [9.17, 15) is 4.79 Å². The van der Waals surface area contributed by atoms with Crippen LogP contribution < -0.4 is 5.32 Å². The van der Waals surface area contributed by atoms with E-state index in [2.05, 4.69) is 31.2 Å². The van der Waals surface area contributed by atoms with E-state index in [-0.39, 0.29) is 5.91 Å². The first-order chi connectivity index (χ1) is 8.68. The van der Waals surface area contributed by atoms with E-state index < -0.39 is 0 Å². The van der Waals surface area contributed by atoms with Crippen molar-refractivity contribution in [3.63, 3.8) is 0 Å². The van der Waals surface area contributed by atoms with Crippen molar-refractivity contribution >= 4 is 44.3 Å². The molecule has 5 nitrogen and oxygen atoms in total. The molecule has 0 aromatic carbocycles. The largest absolute Gasteiger partial charge is 0.296 e. The number of amides is 1. The van der Waals surface area contributed by atoms with Gasteiger partial charge in [-0.2, -0.15) is 0 Å². The van der Waals surface area contributed by atoms with Crippen LogP contribution in [0.25, 0.3) is 16.6 Å². The van der Waals surface area contributed by atoms with Gasteiger partial charge in [0.15, 0.2) is 0 Å². The zero-order valence-corrected chi connectivity index (χ0v) is 11.1. The lowest BCUT2D eigenvalue weighted by molar-refractivity contribution is -0.114. The van der Waals surface area contributed by atoms with E-state index in [1.807, 2.05) is 22.6 Å². The average molecular weight is 305 g/mol. The normalized spacial score (nSPS) is 11.0. The van der Waals surface area contributed by atoms with Gasteiger partial charge >= 0.3 is 0 Å².